The molecule has 4 fully saturated rings. The molecule has 0 saturated heterocycles. The molecular formula is C27H40N2O6. The van der Waals surface area contributed by atoms with Gasteiger partial charge in [0, 0.05) is 6.08 Å². The Morgan fingerprint density at radius 1 is 1.14 bits per heavy atom. The fraction of sp³-hybridized carbons (Fsp3) is 0.815. The number of hydrogen-bond donors (Lipinski definition) is 3. The predicted octanol–water partition coefficient (Wildman–Crippen LogP) is 3.35. The summed E-state index contributed by atoms with van der Waals surface area (Å²) in [4.78, 5) is 40.3. The van der Waals surface area contributed by atoms with Crippen molar-refractivity contribution < 1.29 is 29.1 Å². The number of rotatable bonds is 6. The number of nitrogens with one attached hydrogen (secondary N) is 1. The standard InChI is InChI=1S/C27H40N2O6/c1-26-9-7-17(35-29-25(33)22(28)13-23(30)31)12-16(26)3-4-18-20-6-5-19(15-11-24(32)34-14-15)27(20,2)10-8-21(18)26/h11,16-22H,3-10,12-14,28H2,1-2H3,(H,29,33)(H,30,31)/t16-,17+,18+,19-,20+,21+,22+,26+,27-/m1/s1. The zero-order valence-corrected chi connectivity index (χ0v) is 21.0. The van der Waals surface area contributed by atoms with Crippen LogP contribution in [0.5, 0.6) is 0 Å². The number of aliphatic carboxylic acids is 1. The minimum absolute atomic E-state index is 0.0536. The summed E-state index contributed by atoms with van der Waals surface area (Å²) in [6, 6.07) is -1.10. The smallest absolute Gasteiger partial charge is 0.331 e. The first-order valence-corrected chi connectivity index (χ1v) is 13.4. The summed E-state index contributed by atoms with van der Waals surface area (Å²) < 4.78 is 5.27. The van der Waals surface area contributed by atoms with E-state index in [0.717, 1.165) is 25.2 Å². The molecule has 0 aromatic heterocycles. The lowest BCUT2D eigenvalue weighted by Crippen LogP contribution is -2.54. The fourth-order valence-electron chi connectivity index (χ4n) is 9.02. The molecule has 4 aliphatic carbocycles. The number of carboxylic acid groups (broad SMARTS) is 1. The van der Waals surface area contributed by atoms with E-state index in [4.69, 9.17) is 20.4 Å². The highest BCUT2D eigenvalue weighted by Gasteiger charge is 2.60. The Kier molecular flexibility index (Phi) is 6.49. The first kappa shape index (κ1) is 24.8. The largest absolute Gasteiger partial charge is 0.481 e. The number of amides is 1. The third-order valence-corrected chi connectivity index (χ3v) is 10.8. The molecule has 4 N–H and O–H groups in total. The molecule has 0 spiro atoms. The van der Waals surface area contributed by atoms with Crippen molar-refractivity contribution in [3.63, 3.8) is 0 Å². The highest BCUT2D eigenvalue weighted by atomic mass is 16.7. The van der Waals surface area contributed by atoms with Gasteiger partial charge in [0.2, 0.25) is 0 Å². The van der Waals surface area contributed by atoms with E-state index in [2.05, 4.69) is 19.3 Å². The Morgan fingerprint density at radius 2 is 1.89 bits per heavy atom. The summed E-state index contributed by atoms with van der Waals surface area (Å²) >= 11 is 0. The summed E-state index contributed by atoms with van der Waals surface area (Å²) in [5.74, 6) is 1.37. The second-order valence-corrected chi connectivity index (χ2v) is 12.3. The van der Waals surface area contributed by atoms with E-state index in [-0.39, 0.29) is 22.9 Å². The molecule has 0 unspecified atom stereocenters. The maximum Gasteiger partial charge on any atom is 0.331 e. The van der Waals surface area contributed by atoms with Crippen LogP contribution in [0.15, 0.2) is 11.6 Å². The molecule has 1 heterocycles. The topological polar surface area (TPSA) is 128 Å². The number of esters is 1. The quantitative estimate of drug-likeness (QED) is 0.386. The molecule has 5 rings (SSSR count). The number of nitrogens with two attached hydrogens (primary N) is 1. The van der Waals surface area contributed by atoms with Crippen molar-refractivity contribution in [3.05, 3.63) is 11.6 Å². The molecule has 8 nitrogen and oxygen atoms in total. The molecule has 5 aliphatic rings. The van der Waals surface area contributed by atoms with Crippen LogP contribution in [0.3, 0.4) is 0 Å². The highest BCUT2D eigenvalue weighted by molar-refractivity contribution is 5.85. The molecule has 0 aromatic carbocycles. The lowest BCUT2D eigenvalue weighted by Gasteiger charge is -2.61. The van der Waals surface area contributed by atoms with Crippen LogP contribution in [0.1, 0.15) is 78.1 Å². The number of ether oxygens (including phenoxy) is 1. The minimum Gasteiger partial charge on any atom is -0.481 e. The Hall–Kier alpha value is -1.93. The van der Waals surface area contributed by atoms with Crippen LogP contribution in [-0.4, -0.2) is 41.7 Å². The summed E-state index contributed by atoms with van der Waals surface area (Å²) in [7, 11) is 0. The van der Waals surface area contributed by atoms with Crippen molar-refractivity contribution in [2.45, 2.75) is 90.2 Å². The van der Waals surface area contributed by atoms with Crippen molar-refractivity contribution >= 4 is 17.8 Å². The summed E-state index contributed by atoms with van der Waals surface area (Å²) in [6.07, 6.45) is 11.5. The van der Waals surface area contributed by atoms with Crippen molar-refractivity contribution in [3.8, 4) is 0 Å². The fourth-order valence-corrected chi connectivity index (χ4v) is 9.02. The van der Waals surface area contributed by atoms with Gasteiger partial charge in [-0.25, -0.2) is 10.3 Å². The predicted molar refractivity (Wildman–Crippen MR) is 128 cm³/mol. The molecule has 0 aromatic rings. The van der Waals surface area contributed by atoms with Crippen LogP contribution in [0.4, 0.5) is 0 Å². The molecule has 194 valence electrons. The lowest BCUT2D eigenvalue weighted by molar-refractivity contribution is -0.160. The average molecular weight is 489 g/mol. The van der Waals surface area contributed by atoms with Gasteiger partial charge in [0.25, 0.3) is 5.91 Å². The summed E-state index contributed by atoms with van der Waals surface area (Å²) in [6.45, 7) is 5.46. The number of hydrogen-bond acceptors (Lipinski definition) is 6. The van der Waals surface area contributed by atoms with E-state index in [1.807, 2.05) is 0 Å². The lowest BCUT2D eigenvalue weighted by atomic mass is 9.44. The van der Waals surface area contributed by atoms with Crippen LogP contribution in [0.25, 0.3) is 0 Å². The van der Waals surface area contributed by atoms with Gasteiger partial charge in [-0.05, 0) is 104 Å². The van der Waals surface area contributed by atoms with Crippen molar-refractivity contribution in [2.75, 3.05) is 6.61 Å². The summed E-state index contributed by atoms with van der Waals surface area (Å²) in [5.41, 5.74) is 9.85. The van der Waals surface area contributed by atoms with Crippen LogP contribution < -0.4 is 11.2 Å². The number of carbonyl (C=O) groups excluding carboxylic acids is 2. The van der Waals surface area contributed by atoms with Gasteiger partial charge in [0.15, 0.2) is 0 Å². The average Bonchev–Trinajstić information content (AvgIpc) is 3.39. The maximum atomic E-state index is 12.1. The Morgan fingerprint density at radius 3 is 2.60 bits per heavy atom. The van der Waals surface area contributed by atoms with Crippen LogP contribution in [0, 0.1) is 40.4 Å². The van der Waals surface area contributed by atoms with E-state index in [1.165, 1.54) is 44.1 Å². The van der Waals surface area contributed by atoms with Crippen LogP contribution in [-0.2, 0) is 24.0 Å². The molecule has 0 radical (unpaired) electrons. The van der Waals surface area contributed by atoms with E-state index in [0.29, 0.717) is 30.3 Å². The molecule has 0 bridgehead atoms. The van der Waals surface area contributed by atoms with Gasteiger partial charge in [-0.3, -0.25) is 14.4 Å². The molecule has 4 saturated carbocycles. The minimum atomic E-state index is -1.10. The van der Waals surface area contributed by atoms with E-state index < -0.39 is 24.3 Å². The van der Waals surface area contributed by atoms with Gasteiger partial charge < -0.3 is 15.6 Å². The molecule has 1 amide bonds. The Balaban J connectivity index is 1.22. The third-order valence-electron chi connectivity index (χ3n) is 10.8. The Bertz CT molecular complexity index is 919. The van der Waals surface area contributed by atoms with Gasteiger partial charge in [-0.1, -0.05) is 13.8 Å². The van der Waals surface area contributed by atoms with Crippen LogP contribution >= 0.6 is 0 Å². The highest BCUT2D eigenvalue weighted by Crippen LogP contribution is 2.68. The van der Waals surface area contributed by atoms with Crippen LogP contribution in [0.2, 0.25) is 0 Å². The molecule has 1 aliphatic heterocycles. The molecule has 8 heteroatoms. The van der Waals surface area contributed by atoms with Gasteiger partial charge in [-0.2, -0.15) is 0 Å². The molecule has 35 heavy (non-hydrogen) atoms. The zero-order valence-electron chi connectivity index (χ0n) is 21.0. The van der Waals surface area contributed by atoms with Gasteiger partial charge >= 0.3 is 11.9 Å². The van der Waals surface area contributed by atoms with E-state index >= 15 is 0 Å². The molecular weight excluding hydrogens is 448 g/mol. The van der Waals surface area contributed by atoms with Gasteiger partial charge in [0.05, 0.1) is 18.6 Å². The first-order chi connectivity index (χ1) is 16.6. The monoisotopic (exact) mass is 488 g/mol. The van der Waals surface area contributed by atoms with Crippen molar-refractivity contribution in [1.82, 2.24) is 5.48 Å². The SMILES string of the molecule is C[C@]12CC[C@H](ONC(=O)[C@@H](N)CC(=O)O)C[C@H]1CC[C@@H]1[C@@H]2CC[C@]2(C)[C@@H](C3=CC(=O)OC3)CC[C@@H]12. The number of carbonyl (C=O) groups is 3. The maximum absolute atomic E-state index is 12.1. The number of cyclic esters (lactones) is 1. The van der Waals surface area contributed by atoms with E-state index in [1.54, 1.807) is 6.08 Å². The second-order valence-electron chi connectivity index (χ2n) is 12.3. The molecule has 9 atom stereocenters. The van der Waals surface area contributed by atoms with Gasteiger partial charge in [-0.15, -0.1) is 0 Å². The first-order valence-electron chi connectivity index (χ1n) is 13.4. The number of carboxylic acids is 1. The second kappa shape index (κ2) is 9.18. The zero-order chi connectivity index (χ0) is 25.0. The summed E-state index contributed by atoms with van der Waals surface area (Å²) in [5, 5.41) is 8.83. The third kappa shape index (κ3) is 4.31. The van der Waals surface area contributed by atoms with E-state index in [9.17, 15) is 14.4 Å². The van der Waals surface area contributed by atoms with Gasteiger partial charge in [0.1, 0.15) is 6.61 Å². The number of hydroxylamine groups is 1. The Labute approximate surface area is 207 Å². The van der Waals surface area contributed by atoms with Crippen molar-refractivity contribution in [1.29, 1.82) is 0 Å². The normalized spacial score (nSPS) is 43.3. The van der Waals surface area contributed by atoms with Crippen molar-refractivity contribution in [2.24, 2.45) is 46.2 Å². The number of fused-ring (bicyclic) bond motifs is 5.